The lowest BCUT2D eigenvalue weighted by Gasteiger charge is -2.18. The van der Waals surface area contributed by atoms with Crippen LogP contribution in [0.4, 0.5) is 0 Å². The molecule has 0 amide bonds. The molecule has 0 aromatic heterocycles. The van der Waals surface area contributed by atoms with Crippen LogP contribution in [0.2, 0.25) is 10.0 Å². The number of hydrogen-bond donors (Lipinski definition) is 0. The van der Waals surface area contributed by atoms with Crippen LogP contribution in [-0.2, 0) is 0 Å². The summed E-state index contributed by atoms with van der Waals surface area (Å²) < 4.78 is 0. The molecule has 0 aliphatic rings. The standard InChI is InChI=1S/C11H13Cl3/c1-3-10(13)7(2)9-5-4-8(12)6-11(9)14/h4-7,10H,3H2,1-2H3. The third-order valence-corrected chi connectivity index (χ3v) is 3.63. The molecule has 2 unspecified atom stereocenters. The lowest BCUT2D eigenvalue weighted by atomic mass is 9.96. The van der Waals surface area contributed by atoms with Gasteiger partial charge in [0.05, 0.1) is 0 Å². The van der Waals surface area contributed by atoms with Crippen LogP contribution in [0.3, 0.4) is 0 Å². The van der Waals surface area contributed by atoms with E-state index in [0.717, 1.165) is 12.0 Å². The van der Waals surface area contributed by atoms with Crippen LogP contribution in [0.1, 0.15) is 31.7 Å². The van der Waals surface area contributed by atoms with Gasteiger partial charge in [-0.15, -0.1) is 11.6 Å². The Morgan fingerprint density at radius 2 is 1.93 bits per heavy atom. The van der Waals surface area contributed by atoms with Crippen LogP contribution >= 0.6 is 34.8 Å². The Morgan fingerprint density at radius 3 is 2.43 bits per heavy atom. The first-order chi connectivity index (χ1) is 6.56. The van der Waals surface area contributed by atoms with Crippen molar-refractivity contribution in [1.82, 2.24) is 0 Å². The van der Waals surface area contributed by atoms with Gasteiger partial charge in [-0.25, -0.2) is 0 Å². The molecule has 0 spiro atoms. The molecule has 0 aliphatic carbocycles. The molecule has 0 heterocycles. The van der Waals surface area contributed by atoms with Gasteiger partial charge in [0.2, 0.25) is 0 Å². The number of benzene rings is 1. The molecule has 0 saturated heterocycles. The second-order valence-corrected chi connectivity index (χ2v) is 4.78. The summed E-state index contributed by atoms with van der Waals surface area (Å²) in [5, 5.41) is 1.48. The van der Waals surface area contributed by atoms with Crippen LogP contribution < -0.4 is 0 Å². The molecule has 0 N–H and O–H groups in total. The maximum Gasteiger partial charge on any atom is 0.0456 e. The van der Waals surface area contributed by atoms with E-state index in [2.05, 4.69) is 13.8 Å². The number of rotatable bonds is 3. The largest absolute Gasteiger partial charge is 0.122 e. The van der Waals surface area contributed by atoms with Gasteiger partial charge in [0, 0.05) is 15.4 Å². The Kier molecular flexibility index (Phi) is 4.56. The summed E-state index contributed by atoms with van der Waals surface area (Å²) >= 11 is 18.1. The van der Waals surface area contributed by atoms with E-state index >= 15 is 0 Å². The predicted molar refractivity (Wildman–Crippen MR) is 64.8 cm³/mol. The predicted octanol–water partition coefficient (Wildman–Crippen LogP) is 5.11. The van der Waals surface area contributed by atoms with E-state index in [1.165, 1.54) is 0 Å². The van der Waals surface area contributed by atoms with Crippen LogP contribution in [0.25, 0.3) is 0 Å². The van der Waals surface area contributed by atoms with Crippen molar-refractivity contribution >= 4 is 34.8 Å². The molecule has 3 heteroatoms. The van der Waals surface area contributed by atoms with E-state index in [4.69, 9.17) is 34.8 Å². The average Bonchev–Trinajstić information content (AvgIpc) is 2.15. The van der Waals surface area contributed by atoms with E-state index in [1.54, 1.807) is 6.07 Å². The summed E-state index contributed by atoms with van der Waals surface area (Å²) in [7, 11) is 0. The Labute approximate surface area is 100 Å². The molecule has 1 rings (SSSR count). The fourth-order valence-electron chi connectivity index (χ4n) is 1.42. The quantitative estimate of drug-likeness (QED) is 0.655. The molecule has 0 bridgehead atoms. The molecule has 14 heavy (non-hydrogen) atoms. The van der Waals surface area contributed by atoms with Crippen molar-refractivity contribution in [2.24, 2.45) is 0 Å². The van der Waals surface area contributed by atoms with Crippen molar-refractivity contribution in [3.05, 3.63) is 33.8 Å². The second kappa shape index (κ2) is 5.25. The Hall–Kier alpha value is 0.0900. The normalized spacial score (nSPS) is 15.2. The van der Waals surface area contributed by atoms with Gasteiger partial charge < -0.3 is 0 Å². The molecule has 1 aromatic carbocycles. The first-order valence-electron chi connectivity index (χ1n) is 4.65. The van der Waals surface area contributed by atoms with Gasteiger partial charge in [0.1, 0.15) is 0 Å². The number of alkyl halides is 1. The molecule has 0 fully saturated rings. The third-order valence-electron chi connectivity index (χ3n) is 2.39. The molecular formula is C11H13Cl3. The maximum absolute atomic E-state index is 6.17. The Morgan fingerprint density at radius 1 is 1.29 bits per heavy atom. The molecule has 78 valence electrons. The van der Waals surface area contributed by atoms with E-state index < -0.39 is 0 Å². The zero-order valence-electron chi connectivity index (χ0n) is 8.23. The number of hydrogen-bond acceptors (Lipinski definition) is 0. The van der Waals surface area contributed by atoms with Gasteiger partial charge in [-0.3, -0.25) is 0 Å². The first kappa shape index (κ1) is 12.2. The van der Waals surface area contributed by atoms with Crippen LogP contribution in [0.15, 0.2) is 18.2 Å². The molecule has 0 aliphatic heterocycles. The summed E-state index contributed by atoms with van der Waals surface area (Å²) in [5.74, 6) is 0.256. The maximum atomic E-state index is 6.17. The van der Waals surface area contributed by atoms with Crippen LogP contribution in [0.5, 0.6) is 0 Å². The first-order valence-corrected chi connectivity index (χ1v) is 5.84. The molecular weight excluding hydrogens is 238 g/mol. The Bertz CT molecular complexity index is 309. The minimum absolute atomic E-state index is 0.119. The summed E-state index contributed by atoms with van der Waals surface area (Å²) in [6, 6.07) is 5.55. The summed E-state index contributed by atoms with van der Waals surface area (Å²) in [6.45, 7) is 4.15. The van der Waals surface area contributed by atoms with Crippen molar-refractivity contribution in [3.8, 4) is 0 Å². The van der Waals surface area contributed by atoms with Crippen LogP contribution in [-0.4, -0.2) is 5.38 Å². The summed E-state index contributed by atoms with van der Waals surface area (Å²) in [4.78, 5) is 0. The van der Waals surface area contributed by atoms with Crippen molar-refractivity contribution < 1.29 is 0 Å². The van der Waals surface area contributed by atoms with Gasteiger partial charge in [0.15, 0.2) is 0 Å². The highest BCUT2D eigenvalue weighted by atomic mass is 35.5. The fourth-order valence-corrected chi connectivity index (χ4v) is 2.14. The zero-order chi connectivity index (χ0) is 10.7. The molecule has 0 nitrogen and oxygen atoms in total. The van der Waals surface area contributed by atoms with Gasteiger partial charge >= 0.3 is 0 Å². The third kappa shape index (κ3) is 2.79. The van der Waals surface area contributed by atoms with E-state index in [1.807, 2.05) is 12.1 Å². The van der Waals surface area contributed by atoms with Gasteiger partial charge in [-0.05, 0) is 30.0 Å². The topological polar surface area (TPSA) is 0 Å². The lowest BCUT2D eigenvalue weighted by molar-refractivity contribution is 0.675. The second-order valence-electron chi connectivity index (χ2n) is 3.38. The Balaban J connectivity index is 2.95. The fraction of sp³-hybridized carbons (Fsp3) is 0.455. The van der Waals surface area contributed by atoms with E-state index in [9.17, 15) is 0 Å². The molecule has 1 aromatic rings. The summed E-state index contributed by atoms with van der Waals surface area (Å²) in [6.07, 6.45) is 0.932. The van der Waals surface area contributed by atoms with Gasteiger partial charge in [-0.2, -0.15) is 0 Å². The van der Waals surface area contributed by atoms with Crippen molar-refractivity contribution in [3.63, 3.8) is 0 Å². The highest BCUT2D eigenvalue weighted by molar-refractivity contribution is 6.35. The van der Waals surface area contributed by atoms with Crippen molar-refractivity contribution in [2.75, 3.05) is 0 Å². The number of halogens is 3. The highest BCUT2D eigenvalue weighted by Gasteiger charge is 2.17. The van der Waals surface area contributed by atoms with E-state index in [0.29, 0.717) is 10.0 Å². The van der Waals surface area contributed by atoms with Gasteiger partial charge in [-0.1, -0.05) is 43.1 Å². The highest BCUT2D eigenvalue weighted by Crippen LogP contribution is 2.32. The smallest absolute Gasteiger partial charge is 0.0456 e. The van der Waals surface area contributed by atoms with Crippen molar-refractivity contribution in [2.45, 2.75) is 31.6 Å². The monoisotopic (exact) mass is 250 g/mol. The average molecular weight is 252 g/mol. The SMILES string of the molecule is CCC(Cl)C(C)c1ccc(Cl)cc1Cl. The lowest BCUT2D eigenvalue weighted by Crippen LogP contribution is -2.08. The zero-order valence-corrected chi connectivity index (χ0v) is 10.5. The van der Waals surface area contributed by atoms with Crippen molar-refractivity contribution in [1.29, 1.82) is 0 Å². The van der Waals surface area contributed by atoms with Crippen LogP contribution in [0, 0.1) is 0 Å². The minimum Gasteiger partial charge on any atom is -0.122 e. The minimum atomic E-state index is 0.119. The molecule has 2 atom stereocenters. The van der Waals surface area contributed by atoms with E-state index in [-0.39, 0.29) is 11.3 Å². The van der Waals surface area contributed by atoms with Gasteiger partial charge in [0.25, 0.3) is 0 Å². The summed E-state index contributed by atoms with van der Waals surface area (Å²) in [5.41, 5.74) is 1.07. The molecule has 0 radical (unpaired) electrons. The molecule has 0 saturated carbocycles.